The van der Waals surface area contributed by atoms with Crippen LogP contribution in [0.2, 0.25) is 0 Å². The van der Waals surface area contributed by atoms with Gasteiger partial charge in [-0.15, -0.1) is 0 Å². The minimum absolute atomic E-state index is 0.116. The van der Waals surface area contributed by atoms with Gasteiger partial charge in [-0.1, -0.05) is 6.92 Å². The number of nitrogens with one attached hydrogen (secondary N) is 1. The number of hydrogen-bond donors (Lipinski definition) is 1. The van der Waals surface area contributed by atoms with Crippen molar-refractivity contribution in [1.29, 1.82) is 0 Å². The molecule has 1 fully saturated rings. The van der Waals surface area contributed by atoms with E-state index in [1.807, 2.05) is 6.92 Å². The molecule has 0 atom stereocenters. The highest BCUT2D eigenvalue weighted by Gasteiger charge is 2.15. The quantitative estimate of drug-likeness (QED) is 0.851. The highest BCUT2D eigenvalue weighted by Crippen LogP contribution is 2.17. The Morgan fingerprint density at radius 2 is 2.18 bits per heavy atom. The Balaban J connectivity index is 2.07. The minimum Gasteiger partial charge on any atom is -0.357 e. The van der Waals surface area contributed by atoms with Gasteiger partial charge in [-0.05, 0) is 19.3 Å². The van der Waals surface area contributed by atoms with Gasteiger partial charge in [0.2, 0.25) is 0 Å². The van der Waals surface area contributed by atoms with E-state index < -0.39 is 0 Å². The van der Waals surface area contributed by atoms with E-state index in [-0.39, 0.29) is 5.91 Å². The van der Waals surface area contributed by atoms with Crippen LogP contribution in [0.5, 0.6) is 0 Å². The fraction of sp³-hybridized carbons (Fsp3) is 0.583. The van der Waals surface area contributed by atoms with Crippen LogP contribution >= 0.6 is 0 Å². The van der Waals surface area contributed by atoms with Crippen molar-refractivity contribution in [3.63, 3.8) is 0 Å². The maximum atomic E-state index is 11.8. The average Bonchev–Trinajstić information content (AvgIpc) is 2.90. The van der Waals surface area contributed by atoms with Crippen LogP contribution in [0, 0.1) is 0 Å². The van der Waals surface area contributed by atoms with E-state index in [1.165, 1.54) is 19.2 Å². The molecule has 1 aliphatic heterocycles. The summed E-state index contributed by atoms with van der Waals surface area (Å²) in [7, 11) is 0. The molecule has 0 aliphatic carbocycles. The van der Waals surface area contributed by atoms with Gasteiger partial charge in [0.05, 0.1) is 0 Å². The van der Waals surface area contributed by atoms with Crippen molar-refractivity contribution in [3.05, 3.63) is 18.1 Å². The summed E-state index contributed by atoms with van der Waals surface area (Å²) in [4.78, 5) is 22.2. The van der Waals surface area contributed by atoms with E-state index in [2.05, 4.69) is 20.2 Å². The van der Waals surface area contributed by atoms with Gasteiger partial charge in [0.15, 0.2) is 0 Å². The Labute approximate surface area is 101 Å². The zero-order chi connectivity index (χ0) is 12.1. The molecule has 1 N–H and O–H groups in total. The van der Waals surface area contributed by atoms with Crippen molar-refractivity contribution in [1.82, 2.24) is 15.3 Å². The molecule has 2 heterocycles. The number of amides is 1. The van der Waals surface area contributed by atoms with Gasteiger partial charge in [0.1, 0.15) is 17.8 Å². The Morgan fingerprint density at radius 3 is 2.88 bits per heavy atom. The lowest BCUT2D eigenvalue weighted by Crippen LogP contribution is -2.26. The fourth-order valence-corrected chi connectivity index (χ4v) is 1.92. The molecule has 2 rings (SSSR count). The third-order valence-corrected chi connectivity index (χ3v) is 2.85. The fourth-order valence-electron chi connectivity index (χ4n) is 1.92. The predicted octanol–water partition coefficient (Wildman–Crippen LogP) is 1.22. The second kappa shape index (κ2) is 5.61. The molecule has 0 spiro atoms. The lowest BCUT2D eigenvalue weighted by Gasteiger charge is -2.16. The van der Waals surface area contributed by atoms with Crippen LogP contribution in [0.25, 0.3) is 0 Å². The number of aromatic nitrogens is 2. The Kier molecular flexibility index (Phi) is 3.90. The highest BCUT2D eigenvalue weighted by molar-refractivity contribution is 5.92. The standard InChI is InChI=1S/C12H18N4O/c1-2-5-13-12(17)10-8-11(15-9-14-10)16-6-3-4-7-16/h8-9H,2-7H2,1H3,(H,13,17). The first kappa shape index (κ1) is 11.8. The first-order chi connectivity index (χ1) is 8.31. The molecule has 1 aliphatic rings. The van der Waals surface area contributed by atoms with Gasteiger partial charge >= 0.3 is 0 Å². The molecular weight excluding hydrogens is 216 g/mol. The smallest absolute Gasteiger partial charge is 0.270 e. The Morgan fingerprint density at radius 1 is 1.41 bits per heavy atom. The van der Waals surface area contributed by atoms with Gasteiger partial charge in [-0.25, -0.2) is 9.97 Å². The third-order valence-electron chi connectivity index (χ3n) is 2.85. The van der Waals surface area contributed by atoms with E-state index in [4.69, 9.17) is 0 Å². The zero-order valence-electron chi connectivity index (χ0n) is 10.1. The highest BCUT2D eigenvalue weighted by atomic mass is 16.1. The molecule has 0 radical (unpaired) electrons. The monoisotopic (exact) mass is 234 g/mol. The van der Waals surface area contributed by atoms with Crippen molar-refractivity contribution >= 4 is 11.7 Å². The van der Waals surface area contributed by atoms with E-state index in [0.717, 1.165) is 25.3 Å². The van der Waals surface area contributed by atoms with Crippen molar-refractivity contribution in [3.8, 4) is 0 Å². The summed E-state index contributed by atoms with van der Waals surface area (Å²) in [5, 5.41) is 2.82. The first-order valence-electron chi connectivity index (χ1n) is 6.16. The Hall–Kier alpha value is -1.65. The summed E-state index contributed by atoms with van der Waals surface area (Å²) >= 11 is 0. The number of anilines is 1. The van der Waals surface area contributed by atoms with E-state index in [9.17, 15) is 4.79 Å². The van der Waals surface area contributed by atoms with Crippen LogP contribution in [0.1, 0.15) is 36.7 Å². The summed E-state index contributed by atoms with van der Waals surface area (Å²) in [5.41, 5.74) is 0.454. The van der Waals surface area contributed by atoms with Gasteiger partial charge in [-0.2, -0.15) is 0 Å². The van der Waals surface area contributed by atoms with E-state index >= 15 is 0 Å². The topological polar surface area (TPSA) is 58.1 Å². The maximum absolute atomic E-state index is 11.8. The van der Waals surface area contributed by atoms with Gasteiger partial charge in [0, 0.05) is 25.7 Å². The molecule has 92 valence electrons. The lowest BCUT2D eigenvalue weighted by atomic mass is 10.3. The van der Waals surface area contributed by atoms with Crippen LogP contribution in [-0.4, -0.2) is 35.5 Å². The van der Waals surface area contributed by atoms with Crippen LogP contribution in [0.4, 0.5) is 5.82 Å². The molecule has 0 saturated carbocycles. The molecule has 17 heavy (non-hydrogen) atoms. The van der Waals surface area contributed by atoms with Gasteiger partial charge < -0.3 is 10.2 Å². The van der Waals surface area contributed by atoms with Crippen molar-refractivity contribution in [2.75, 3.05) is 24.5 Å². The number of carbonyl (C=O) groups excluding carboxylic acids is 1. The van der Waals surface area contributed by atoms with Crippen molar-refractivity contribution in [2.45, 2.75) is 26.2 Å². The minimum atomic E-state index is -0.116. The molecule has 0 unspecified atom stereocenters. The third kappa shape index (κ3) is 2.93. The van der Waals surface area contributed by atoms with Crippen molar-refractivity contribution < 1.29 is 4.79 Å². The van der Waals surface area contributed by atoms with Crippen LogP contribution in [-0.2, 0) is 0 Å². The SMILES string of the molecule is CCCNC(=O)c1cc(N2CCCC2)ncn1. The first-order valence-corrected chi connectivity index (χ1v) is 6.16. The molecule has 5 nitrogen and oxygen atoms in total. The van der Waals surface area contributed by atoms with Gasteiger partial charge in [0.25, 0.3) is 5.91 Å². The van der Waals surface area contributed by atoms with Gasteiger partial charge in [-0.3, -0.25) is 4.79 Å². The summed E-state index contributed by atoms with van der Waals surface area (Å²) in [5.74, 6) is 0.744. The molecule has 5 heteroatoms. The zero-order valence-corrected chi connectivity index (χ0v) is 10.1. The summed E-state index contributed by atoms with van der Waals surface area (Å²) in [6.45, 7) is 4.75. The molecular formula is C12H18N4O. The molecule has 1 aromatic heterocycles. The molecule has 1 aromatic rings. The number of hydrogen-bond acceptors (Lipinski definition) is 4. The summed E-state index contributed by atoms with van der Waals surface area (Å²) in [6.07, 6.45) is 4.78. The van der Waals surface area contributed by atoms with Crippen LogP contribution in [0.3, 0.4) is 0 Å². The van der Waals surface area contributed by atoms with E-state index in [1.54, 1.807) is 6.07 Å². The predicted molar refractivity (Wildman–Crippen MR) is 66.1 cm³/mol. The molecule has 0 aromatic carbocycles. The second-order valence-corrected chi connectivity index (χ2v) is 4.21. The maximum Gasteiger partial charge on any atom is 0.270 e. The number of carbonyl (C=O) groups is 1. The largest absolute Gasteiger partial charge is 0.357 e. The van der Waals surface area contributed by atoms with E-state index in [0.29, 0.717) is 12.2 Å². The molecule has 0 bridgehead atoms. The summed E-state index contributed by atoms with van der Waals surface area (Å²) < 4.78 is 0. The number of nitrogens with zero attached hydrogens (tertiary/aromatic N) is 3. The lowest BCUT2D eigenvalue weighted by molar-refractivity contribution is 0.0948. The second-order valence-electron chi connectivity index (χ2n) is 4.21. The number of rotatable bonds is 4. The Bertz CT molecular complexity index is 388. The normalized spacial score (nSPS) is 15.0. The van der Waals surface area contributed by atoms with Crippen molar-refractivity contribution in [2.24, 2.45) is 0 Å². The van der Waals surface area contributed by atoms with Crippen LogP contribution in [0.15, 0.2) is 12.4 Å². The van der Waals surface area contributed by atoms with Crippen LogP contribution < -0.4 is 10.2 Å². The average molecular weight is 234 g/mol. The molecule has 1 amide bonds. The molecule has 1 saturated heterocycles. The summed E-state index contributed by atoms with van der Waals surface area (Å²) in [6, 6.07) is 1.77.